The molecule has 41 heavy (non-hydrogen) atoms. The van der Waals surface area contributed by atoms with Crippen LogP contribution in [0.4, 0.5) is 34.1 Å². The zero-order valence-corrected chi connectivity index (χ0v) is 20.1. The minimum absolute atomic E-state index is 0.337. The third-order valence-electron chi connectivity index (χ3n) is 4.75. The highest BCUT2D eigenvalue weighted by Gasteiger charge is 2.33. The number of non-ortho nitro benzene ring substituents is 2. The fourth-order valence-corrected chi connectivity index (χ4v) is 2.76. The lowest BCUT2D eigenvalue weighted by Gasteiger charge is -2.22. The number of benzene rings is 2. The summed E-state index contributed by atoms with van der Waals surface area (Å²) in [5, 5.41) is 80.4. The summed E-state index contributed by atoms with van der Waals surface area (Å²) in [6.07, 6.45) is 0. The van der Waals surface area contributed by atoms with Gasteiger partial charge in [0.25, 0.3) is 22.9 Å². The second kappa shape index (κ2) is 13.9. The van der Waals surface area contributed by atoms with Crippen LogP contribution >= 0.6 is 0 Å². The van der Waals surface area contributed by atoms with E-state index in [1.54, 1.807) is 0 Å². The first kappa shape index (κ1) is 33.3. The van der Waals surface area contributed by atoms with Gasteiger partial charge in [-0.15, -0.1) is 0 Å². The van der Waals surface area contributed by atoms with E-state index in [0.717, 1.165) is 0 Å². The highest BCUT2D eigenvalue weighted by atomic mass is 16.7. The van der Waals surface area contributed by atoms with Crippen LogP contribution in [0.25, 0.3) is 0 Å². The van der Waals surface area contributed by atoms with E-state index in [-0.39, 0.29) is 0 Å². The van der Waals surface area contributed by atoms with E-state index < -0.39 is 81.0 Å². The van der Waals surface area contributed by atoms with Gasteiger partial charge in [0.15, 0.2) is 5.79 Å². The molecule has 24 heteroatoms. The lowest BCUT2D eigenvalue weighted by atomic mass is 10.2. The minimum atomic E-state index is -1.21. The molecule has 6 N–H and O–H groups in total. The predicted octanol–water partition coefficient (Wildman–Crippen LogP) is 0.881. The molecule has 0 bridgehead atoms. The second-order valence-electron chi connectivity index (χ2n) is 7.22. The summed E-state index contributed by atoms with van der Waals surface area (Å²) in [7, 11) is 0. The third-order valence-corrected chi connectivity index (χ3v) is 4.75. The molecule has 0 unspecified atom stereocenters. The zero-order valence-electron chi connectivity index (χ0n) is 20.1. The molecule has 3 rings (SSSR count). The molecule has 0 spiro atoms. The second-order valence-corrected chi connectivity index (χ2v) is 7.22. The van der Waals surface area contributed by atoms with E-state index in [4.69, 9.17) is 31.2 Å². The Morgan fingerprint density at radius 1 is 0.585 bits per heavy atom. The maximum atomic E-state index is 10.4. The number of phenolic OH excluding ortho intramolecular Hbond substituents is 2. The maximum absolute atomic E-state index is 10.4. The number of nitrogens with two attached hydrogens (primary N) is 2. The molecule has 0 atom stereocenters. The molecule has 0 saturated carbocycles. The molecule has 2 aromatic carbocycles. The summed E-state index contributed by atoms with van der Waals surface area (Å²) >= 11 is 0. The van der Waals surface area contributed by atoms with Crippen molar-refractivity contribution in [2.45, 2.75) is 5.79 Å². The summed E-state index contributed by atoms with van der Waals surface area (Å²) in [5.74, 6) is -3.08. The van der Waals surface area contributed by atoms with Crippen molar-refractivity contribution in [1.29, 1.82) is 0 Å². The van der Waals surface area contributed by atoms with Gasteiger partial charge in [-0.2, -0.15) is 0 Å². The van der Waals surface area contributed by atoms with Crippen molar-refractivity contribution in [2.75, 3.05) is 26.3 Å². The monoisotopic (exact) mass is 590 g/mol. The fourth-order valence-electron chi connectivity index (χ4n) is 2.76. The van der Waals surface area contributed by atoms with Crippen molar-refractivity contribution in [3.8, 4) is 11.5 Å². The number of nitro benzene ring substituents is 6. The topological polar surface area (TPSA) is 370 Å². The van der Waals surface area contributed by atoms with E-state index in [2.05, 4.69) is 0 Å². The fraction of sp³-hybridized carbons (Fsp3) is 0.294. The third kappa shape index (κ3) is 8.38. The van der Waals surface area contributed by atoms with Gasteiger partial charge in [0.1, 0.15) is 0 Å². The Hall–Kier alpha value is -5.72. The number of aromatic hydroxyl groups is 2. The first-order chi connectivity index (χ1) is 19.0. The van der Waals surface area contributed by atoms with E-state index in [9.17, 15) is 60.7 Å². The Kier molecular flexibility index (Phi) is 11.3. The van der Waals surface area contributed by atoms with E-state index >= 15 is 0 Å². The number of phenols is 2. The van der Waals surface area contributed by atoms with Crippen LogP contribution in [0.5, 0.6) is 11.5 Å². The number of nitro groups is 6. The molecule has 1 aliphatic heterocycles. The Bertz CT molecular complexity index is 1210. The molecule has 0 amide bonds. The molecule has 24 nitrogen and oxygen atoms in total. The SMILES string of the molecule is NCC1(CN)OCCO1.O=[N+]([O-])c1cc([N+](=O)[O-])c(O)c([N+](=O)[O-])c1.O=[N+]([O-])c1cc([N+](=O)[O-])c(O)c([N+](=O)[O-])c1. The molecular formula is C17H18N8O16. The van der Waals surface area contributed by atoms with E-state index in [1.165, 1.54) is 0 Å². The van der Waals surface area contributed by atoms with Crippen molar-refractivity contribution in [3.63, 3.8) is 0 Å². The minimum Gasteiger partial charge on any atom is -0.497 e. The lowest BCUT2D eigenvalue weighted by Crippen LogP contribution is -2.45. The van der Waals surface area contributed by atoms with Gasteiger partial charge in [-0.3, -0.25) is 60.7 Å². The molecule has 1 saturated heterocycles. The zero-order chi connectivity index (χ0) is 31.7. The summed E-state index contributed by atoms with van der Waals surface area (Å²) in [6, 6.07) is 1.79. The molecule has 0 radical (unpaired) electrons. The molecule has 2 aromatic rings. The van der Waals surface area contributed by atoms with E-state index in [1.807, 2.05) is 0 Å². The number of hydrogen-bond donors (Lipinski definition) is 4. The van der Waals surface area contributed by atoms with Crippen LogP contribution in [0, 0.1) is 60.7 Å². The van der Waals surface area contributed by atoms with Crippen molar-refractivity contribution < 1.29 is 49.2 Å². The normalized spacial score (nSPS) is 13.0. The van der Waals surface area contributed by atoms with Crippen LogP contribution in [0.15, 0.2) is 24.3 Å². The summed E-state index contributed by atoms with van der Waals surface area (Å²) in [6.45, 7) is 1.88. The molecule has 0 aliphatic carbocycles. The molecule has 1 heterocycles. The molecule has 0 aromatic heterocycles. The van der Waals surface area contributed by atoms with Crippen LogP contribution in [0.2, 0.25) is 0 Å². The number of hydrogen-bond acceptors (Lipinski definition) is 18. The Morgan fingerprint density at radius 2 is 0.829 bits per heavy atom. The van der Waals surface area contributed by atoms with Crippen LogP contribution in [0.3, 0.4) is 0 Å². The molecular weight excluding hydrogens is 572 g/mol. The predicted molar refractivity (Wildman–Crippen MR) is 129 cm³/mol. The van der Waals surface area contributed by atoms with Gasteiger partial charge in [0.2, 0.25) is 0 Å². The van der Waals surface area contributed by atoms with Crippen LogP contribution in [-0.4, -0.2) is 71.8 Å². The summed E-state index contributed by atoms with van der Waals surface area (Å²) in [5.41, 5.74) is 4.69. The van der Waals surface area contributed by atoms with Crippen molar-refractivity contribution >= 4 is 34.1 Å². The van der Waals surface area contributed by atoms with E-state index in [0.29, 0.717) is 50.6 Å². The standard InChI is InChI=1S/2C6H3N3O7.C5H12N2O2/c2*10-6-4(8(13)14)1-3(7(11)12)2-5(6)9(15)16;6-3-5(4-7)8-1-2-9-5/h2*1-2,10H;1-4,6-7H2. The van der Waals surface area contributed by atoms with Gasteiger partial charge < -0.3 is 31.2 Å². The molecule has 222 valence electrons. The molecule has 1 aliphatic rings. The van der Waals surface area contributed by atoms with Crippen LogP contribution in [0.1, 0.15) is 0 Å². The number of ether oxygens (including phenoxy) is 2. The van der Waals surface area contributed by atoms with Crippen molar-refractivity contribution in [1.82, 2.24) is 0 Å². The lowest BCUT2D eigenvalue weighted by molar-refractivity contribution is -0.404. The van der Waals surface area contributed by atoms with Gasteiger partial charge in [-0.25, -0.2) is 0 Å². The van der Waals surface area contributed by atoms with Gasteiger partial charge in [-0.1, -0.05) is 0 Å². The highest BCUT2D eigenvalue weighted by molar-refractivity contribution is 5.65. The van der Waals surface area contributed by atoms with Gasteiger partial charge in [0, 0.05) is 13.1 Å². The first-order valence-corrected chi connectivity index (χ1v) is 10.3. The largest absolute Gasteiger partial charge is 0.497 e. The van der Waals surface area contributed by atoms with Gasteiger partial charge in [-0.05, 0) is 0 Å². The number of rotatable bonds is 8. The van der Waals surface area contributed by atoms with Gasteiger partial charge >= 0.3 is 22.7 Å². The van der Waals surface area contributed by atoms with Crippen molar-refractivity contribution in [3.05, 3.63) is 85.0 Å². The average Bonchev–Trinajstić information content (AvgIpc) is 3.38. The smallest absolute Gasteiger partial charge is 0.324 e. The summed E-state index contributed by atoms with van der Waals surface area (Å²) in [4.78, 5) is 55.5. The van der Waals surface area contributed by atoms with Crippen LogP contribution < -0.4 is 11.5 Å². The summed E-state index contributed by atoms with van der Waals surface area (Å²) < 4.78 is 10.3. The maximum Gasteiger partial charge on any atom is 0.324 e. The molecule has 1 fully saturated rings. The van der Waals surface area contributed by atoms with Gasteiger partial charge in [0.05, 0.1) is 67.0 Å². The van der Waals surface area contributed by atoms with Crippen LogP contribution in [-0.2, 0) is 9.47 Å². The first-order valence-electron chi connectivity index (χ1n) is 10.3. The Balaban J connectivity index is 0.000000320. The number of nitrogens with zero attached hydrogens (tertiary/aromatic N) is 6. The highest BCUT2D eigenvalue weighted by Crippen LogP contribution is 2.40. The Labute approximate surface area is 224 Å². The average molecular weight is 590 g/mol. The van der Waals surface area contributed by atoms with Crippen molar-refractivity contribution in [2.24, 2.45) is 11.5 Å². The quantitative estimate of drug-likeness (QED) is 0.244. The Morgan fingerprint density at radius 3 is 0.976 bits per heavy atom.